The third-order valence-electron chi connectivity index (χ3n) is 4.83. The molecule has 1 saturated heterocycles. The zero-order chi connectivity index (χ0) is 18.6. The summed E-state index contributed by atoms with van der Waals surface area (Å²) in [6, 6.07) is 12.9. The predicted octanol–water partition coefficient (Wildman–Crippen LogP) is 2.87. The number of carbonyl (C=O) groups is 1. The first-order valence-corrected chi connectivity index (χ1v) is 9.33. The molecule has 27 heavy (non-hydrogen) atoms. The molecule has 1 fully saturated rings. The summed E-state index contributed by atoms with van der Waals surface area (Å²) in [5, 5.41) is 3.65. The molecule has 1 amide bonds. The van der Waals surface area contributed by atoms with Crippen LogP contribution < -0.4 is 14.8 Å². The Morgan fingerprint density at radius 1 is 1.07 bits per heavy atom. The van der Waals surface area contributed by atoms with Crippen molar-refractivity contribution in [3.8, 4) is 11.5 Å². The highest BCUT2D eigenvalue weighted by atomic mass is 35.5. The van der Waals surface area contributed by atoms with Crippen LogP contribution in [0.4, 0.5) is 0 Å². The zero-order valence-electron chi connectivity index (χ0n) is 14.8. The van der Waals surface area contributed by atoms with E-state index in [1.165, 1.54) is 0 Å². The maximum absolute atomic E-state index is 12.5. The predicted molar refractivity (Wildman–Crippen MR) is 101 cm³/mol. The van der Waals surface area contributed by atoms with Crippen LogP contribution in [0.25, 0.3) is 0 Å². The molecular weight excluding hydrogens is 368 g/mol. The lowest BCUT2D eigenvalue weighted by Gasteiger charge is -2.35. The molecule has 2 aromatic rings. The summed E-state index contributed by atoms with van der Waals surface area (Å²) in [6.07, 6.45) is 0. The average Bonchev–Trinajstić information content (AvgIpc) is 3.17. The fraction of sp³-hybridized carbons (Fsp3) is 0.350. The van der Waals surface area contributed by atoms with Gasteiger partial charge in [0.25, 0.3) is 5.91 Å². The zero-order valence-corrected chi connectivity index (χ0v) is 15.6. The van der Waals surface area contributed by atoms with Gasteiger partial charge in [-0.2, -0.15) is 0 Å². The number of hydrogen-bond acceptors (Lipinski definition) is 5. The summed E-state index contributed by atoms with van der Waals surface area (Å²) < 4.78 is 16.4. The van der Waals surface area contributed by atoms with Crippen LogP contribution in [-0.2, 0) is 4.74 Å². The van der Waals surface area contributed by atoms with Crippen molar-refractivity contribution >= 4 is 17.5 Å². The second-order valence-corrected chi connectivity index (χ2v) is 6.93. The summed E-state index contributed by atoms with van der Waals surface area (Å²) in [7, 11) is 0. The highest BCUT2D eigenvalue weighted by molar-refractivity contribution is 6.30. The van der Waals surface area contributed by atoms with Gasteiger partial charge in [0.1, 0.15) is 0 Å². The topological polar surface area (TPSA) is 60.0 Å². The molecule has 0 bridgehead atoms. The second-order valence-electron chi connectivity index (χ2n) is 6.49. The molecule has 142 valence electrons. The van der Waals surface area contributed by atoms with Crippen LogP contribution in [0.5, 0.6) is 11.5 Å². The van der Waals surface area contributed by atoms with Crippen molar-refractivity contribution in [3.63, 3.8) is 0 Å². The summed E-state index contributed by atoms with van der Waals surface area (Å²) in [4.78, 5) is 14.8. The first-order valence-electron chi connectivity index (χ1n) is 8.96. The van der Waals surface area contributed by atoms with E-state index in [4.69, 9.17) is 25.8 Å². The number of rotatable bonds is 5. The molecule has 2 aliphatic heterocycles. The third kappa shape index (κ3) is 4.18. The van der Waals surface area contributed by atoms with Crippen LogP contribution in [0.15, 0.2) is 42.5 Å². The first kappa shape index (κ1) is 18.1. The van der Waals surface area contributed by atoms with E-state index in [0.717, 1.165) is 30.2 Å². The fourth-order valence-corrected chi connectivity index (χ4v) is 3.49. The van der Waals surface area contributed by atoms with E-state index in [9.17, 15) is 4.79 Å². The van der Waals surface area contributed by atoms with Crippen molar-refractivity contribution in [2.75, 3.05) is 39.6 Å². The number of nitrogens with zero attached hydrogens (tertiary/aromatic N) is 1. The van der Waals surface area contributed by atoms with Gasteiger partial charge in [-0.05, 0) is 42.0 Å². The largest absolute Gasteiger partial charge is 0.454 e. The monoisotopic (exact) mass is 388 g/mol. The van der Waals surface area contributed by atoms with Crippen molar-refractivity contribution < 1.29 is 19.0 Å². The van der Waals surface area contributed by atoms with Gasteiger partial charge in [0, 0.05) is 30.2 Å². The van der Waals surface area contributed by atoms with Gasteiger partial charge in [0.15, 0.2) is 11.5 Å². The molecule has 2 heterocycles. The summed E-state index contributed by atoms with van der Waals surface area (Å²) >= 11 is 5.90. The maximum atomic E-state index is 12.5. The smallest absolute Gasteiger partial charge is 0.251 e. The lowest BCUT2D eigenvalue weighted by atomic mass is 10.0. The molecule has 0 aliphatic carbocycles. The van der Waals surface area contributed by atoms with Crippen molar-refractivity contribution in [3.05, 3.63) is 58.6 Å². The minimum Gasteiger partial charge on any atom is -0.454 e. The Balaban J connectivity index is 1.51. The molecule has 2 aromatic carbocycles. The van der Waals surface area contributed by atoms with E-state index in [2.05, 4.69) is 10.2 Å². The minimum atomic E-state index is -0.120. The van der Waals surface area contributed by atoms with Crippen LogP contribution >= 0.6 is 11.6 Å². The van der Waals surface area contributed by atoms with Crippen LogP contribution in [0.1, 0.15) is 22.0 Å². The number of hydrogen-bond donors (Lipinski definition) is 1. The van der Waals surface area contributed by atoms with E-state index in [-0.39, 0.29) is 18.7 Å². The summed E-state index contributed by atoms with van der Waals surface area (Å²) in [6.45, 7) is 3.74. The third-order valence-corrected chi connectivity index (χ3v) is 5.08. The van der Waals surface area contributed by atoms with Crippen LogP contribution in [0.3, 0.4) is 0 Å². The highest BCUT2D eigenvalue weighted by Gasteiger charge is 2.25. The number of carbonyl (C=O) groups excluding carboxylic acids is 1. The quantitative estimate of drug-likeness (QED) is 0.853. The molecule has 1 atom stereocenters. The molecule has 4 rings (SSSR count). The summed E-state index contributed by atoms with van der Waals surface area (Å²) in [5.41, 5.74) is 1.67. The van der Waals surface area contributed by atoms with Crippen molar-refractivity contribution in [1.29, 1.82) is 0 Å². The normalized spacial score (nSPS) is 17.5. The molecule has 0 saturated carbocycles. The Bertz CT molecular complexity index is 806. The Labute approximate surface area is 163 Å². The molecule has 0 radical (unpaired) electrons. The Morgan fingerprint density at radius 3 is 2.59 bits per heavy atom. The van der Waals surface area contributed by atoms with E-state index >= 15 is 0 Å². The van der Waals surface area contributed by atoms with Gasteiger partial charge in [-0.15, -0.1) is 0 Å². The van der Waals surface area contributed by atoms with E-state index in [0.29, 0.717) is 30.3 Å². The Morgan fingerprint density at radius 2 is 1.81 bits per heavy atom. The molecule has 1 N–H and O–H groups in total. The van der Waals surface area contributed by atoms with Gasteiger partial charge < -0.3 is 19.5 Å². The van der Waals surface area contributed by atoms with Gasteiger partial charge in [0.05, 0.1) is 19.3 Å². The minimum absolute atomic E-state index is 0.0275. The molecule has 2 aliphatic rings. The van der Waals surface area contributed by atoms with E-state index in [1.807, 2.05) is 18.2 Å². The number of ether oxygens (including phenoxy) is 3. The standard InChI is InChI=1S/C20H21ClN2O4/c21-16-4-1-14(2-5-16)20(24)22-12-17(23-7-9-25-10-8-23)15-3-6-18-19(11-15)27-13-26-18/h1-6,11,17H,7-10,12-13H2,(H,22,24). The molecule has 1 unspecified atom stereocenters. The fourth-order valence-electron chi connectivity index (χ4n) is 3.36. The second kappa shape index (κ2) is 8.17. The first-order chi connectivity index (χ1) is 13.2. The highest BCUT2D eigenvalue weighted by Crippen LogP contribution is 2.35. The number of benzene rings is 2. The SMILES string of the molecule is O=C(NCC(c1ccc2c(c1)OCO2)N1CCOCC1)c1ccc(Cl)cc1. The van der Waals surface area contributed by atoms with Crippen molar-refractivity contribution in [1.82, 2.24) is 10.2 Å². The van der Waals surface area contributed by atoms with Crippen LogP contribution in [0.2, 0.25) is 5.02 Å². The molecule has 0 spiro atoms. The average molecular weight is 389 g/mol. The number of morpholine rings is 1. The van der Waals surface area contributed by atoms with Crippen LogP contribution in [-0.4, -0.2) is 50.4 Å². The van der Waals surface area contributed by atoms with Crippen molar-refractivity contribution in [2.45, 2.75) is 6.04 Å². The van der Waals surface area contributed by atoms with Gasteiger partial charge in [-0.3, -0.25) is 9.69 Å². The van der Waals surface area contributed by atoms with Crippen molar-refractivity contribution in [2.24, 2.45) is 0 Å². The van der Waals surface area contributed by atoms with E-state index in [1.54, 1.807) is 24.3 Å². The van der Waals surface area contributed by atoms with Gasteiger partial charge in [-0.25, -0.2) is 0 Å². The molecule has 6 nitrogen and oxygen atoms in total. The van der Waals surface area contributed by atoms with Gasteiger partial charge >= 0.3 is 0 Å². The number of halogens is 1. The lowest BCUT2D eigenvalue weighted by molar-refractivity contribution is 0.0162. The molecule has 0 aromatic heterocycles. The molecule has 7 heteroatoms. The number of fused-ring (bicyclic) bond motifs is 1. The Kier molecular flexibility index (Phi) is 5.48. The number of amides is 1. The Hall–Kier alpha value is -2.28. The lowest BCUT2D eigenvalue weighted by Crippen LogP contribution is -2.43. The maximum Gasteiger partial charge on any atom is 0.251 e. The van der Waals surface area contributed by atoms with Gasteiger partial charge in [0.2, 0.25) is 6.79 Å². The number of nitrogens with one attached hydrogen (secondary N) is 1. The van der Waals surface area contributed by atoms with Crippen LogP contribution in [0, 0.1) is 0 Å². The summed E-state index contributed by atoms with van der Waals surface area (Å²) in [5.74, 6) is 1.38. The molecular formula is C20H21ClN2O4. The van der Waals surface area contributed by atoms with E-state index < -0.39 is 0 Å². The van der Waals surface area contributed by atoms with Gasteiger partial charge in [-0.1, -0.05) is 17.7 Å².